The summed E-state index contributed by atoms with van der Waals surface area (Å²) in [6, 6.07) is -1.31. The Kier molecular flexibility index (Phi) is 5.28. The molecule has 0 aliphatic carbocycles. The molecule has 1 atom stereocenters. The fourth-order valence-corrected chi connectivity index (χ4v) is 1.59. The van der Waals surface area contributed by atoms with Crippen LogP contribution in [0.4, 0.5) is 9.18 Å². The molecule has 21 heavy (non-hydrogen) atoms. The normalized spacial score (nSPS) is 12.7. The van der Waals surface area contributed by atoms with E-state index in [1.54, 1.807) is 27.7 Å². The molecule has 0 aliphatic rings. The lowest BCUT2D eigenvalue weighted by molar-refractivity contribution is -0.145. The molecule has 8 heteroatoms. The summed E-state index contributed by atoms with van der Waals surface area (Å²) in [5, 5.41) is 5.81. The van der Waals surface area contributed by atoms with Crippen LogP contribution in [0, 0.1) is 5.95 Å². The van der Waals surface area contributed by atoms with Gasteiger partial charge in [0.05, 0.1) is 12.2 Å². The molecule has 0 saturated carbocycles. The van der Waals surface area contributed by atoms with Crippen LogP contribution >= 0.6 is 0 Å². The van der Waals surface area contributed by atoms with Crippen LogP contribution in [0.2, 0.25) is 0 Å². The van der Waals surface area contributed by atoms with Crippen molar-refractivity contribution in [1.82, 2.24) is 15.1 Å². The number of aryl methyl sites for hydroxylation is 1. The highest BCUT2D eigenvalue weighted by molar-refractivity contribution is 5.82. The Labute approximate surface area is 122 Å². The predicted molar refractivity (Wildman–Crippen MR) is 71.9 cm³/mol. The first-order valence-electron chi connectivity index (χ1n) is 6.49. The van der Waals surface area contributed by atoms with E-state index in [1.165, 1.54) is 17.9 Å². The van der Waals surface area contributed by atoms with E-state index in [9.17, 15) is 14.0 Å². The third kappa shape index (κ3) is 5.05. The van der Waals surface area contributed by atoms with Crippen molar-refractivity contribution in [2.75, 3.05) is 6.61 Å². The van der Waals surface area contributed by atoms with Crippen molar-refractivity contribution in [2.24, 2.45) is 7.05 Å². The molecule has 0 spiro atoms. The number of alkyl carbamates (subject to hydrolysis) is 1. The van der Waals surface area contributed by atoms with Gasteiger partial charge in [0.2, 0.25) is 5.95 Å². The van der Waals surface area contributed by atoms with Crippen LogP contribution in [-0.4, -0.2) is 34.1 Å². The molecule has 0 radical (unpaired) electrons. The highest BCUT2D eigenvalue weighted by Crippen LogP contribution is 2.18. The van der Waals surface area contributed by atoms with Gasteiger partial charge in [0, 0.05) is 13.2 Å². The highest BCUT2D eigenvalue weighted by atomic mass is 19.1. The first kappa shape index (κ1) is 16.9. The maximum Gasteiger partial charge on any atom is 0.408 e. The second-order valence-corrected chi connectivity index (χ2v) is 5.38. The molecule has 118 valence electrons. The van der Waals surface area contributed by atoms with Crippen molar-refractivity contribution in [3.63, 3.8) is 0 Å². The van der Waals surface area contributed by atoms with Gasteiger partial charge in [-0.05, 0) is 27.7 Å². The molecule has 1 N–H and O–H groups in total. The first-order chi connectivity index (χ1) is 9.64. The van der Waals surface area contributed by atoms with Crippen molar-refractivity contribution < 1.29 is 23.5 Å². The van der Waals surface area contributed by atoms with Crippen molar-refractivity contribution in [1.29, 1.82) is 0 Å². The fourth-order valence-electron chi connectivity index (χ4n) is 1.59. The summed E-state index contributed by atoms with van der Waals surface area (Å²) in [4.78, 5) is 23.7. The van der Waals surface area contributed by atoms with Gasteiger partial charge in [-0.25, -0.2) is 9.59 Å². The molecular weight excluding hydrogens is 281 g/mol. The molecule has 7 nitrogen and oxygen atoms in total. The van der Waals surface area contributed by atoms with Gasteiger partial charge in [-0.15, -0.1) is 5.10 Å². The highest BCUT2D eigenvalue weighted by Gasteiger charge is 2.30. The van der Waals surface area contributed by atoms with E-state index >= 15 is 0 Å². The van der Waals surface area contributed by atoms with E-state index in [-0.39, 0.29) is 12.2 Å². The second-order valence-electron chi connectivity index (χ2n) is 5.38. The zero-order valence-electron chi connectivity index (χ0n) is 12.8. The van der Waals surface area contributed by atoms with E-state index in [0.717, 1.165) is 0 Å². The first-order valence-corrected chi connectivity index (χ1v) is 6.49. The Morgan fingerprint density at radius 2 is 2.10 bits per heavy atom. The van der Waals surface area contributed by atoms with Crippen LogP contribution in [0.25, 0.3) is 0 Å². The monoisotopic (exact) mass is 301 g/mol. The second kappa shape index (κ2) is 6.55. The Balaban J connectivity index is 2.96. The predicted octanol–water partition coefficient (Wildman–Crippen LogP) is 1.69. The average molecular weight is 301 g/mol. The SMILES string of the molecule is CCOC(=O)C(NC(=O)OC(C)(C)C)c1cn(C)nc1F. The Bertz CT molecular complexity index is 522. The summed E-state index contributed by atoms with van der Waals surface area (Å²) in [5.74, 6) is -1.64. The fraction of sp³-hybridized carbons (Fsp3) is 0.615. The summed E-state index contributed by atoms with van der Waals surface area (Å²) in [6.07, 6.45) is 0.456. The number of nitrogens with zero attached hydrogens (tertiary/aromatic N) is 2. The zero-order valence-corrected chi connectivity index (χ0v) is 12.8. The van der Waals surface area contributed by atoms with Gasteiger partial charge in [-0.1, -0.05) is 0 Å². The number of ether oxygens (including phenoxy) is 2. The smallest absolute Gasteiger partial charge is 0.408 e. The number of aromatic nitrogens is 2. The van der Waals surface area contributed by atoms with Gasteiger partial charge < -0.3 is 14.8 Å². The van der Waals surface area contributed by atoms with E-state index < -0.39 is 29.7 Å². The van der Waals surface area contributed by atoms with Crippen LogP contribution in [0.5, 0.6) is 0 Å². The van der Waals surface area contributed by atoms with E-state index in [1.807, 2.05) is 0 Å². The van der Waals surface area contributed by atoms with Crippen LogP contribution < -0.4 is 5.32 Å². The number of carbonyl (C=O) groups excluding carboxylic acids is 2. The number of carbonyl (C=O) groups is 2. The van der Waals surface area contributed by atoms with Gasteiger partial charge in [-0.3, -0.25) is 4.68 Å². The molecule has 1 aromatic rings. The Hall–Kier alpha value is -2.12. The summed E-state index contributed by atoms with van der Waals surface area (Å²) in [6.45, 7) is 6.75. The number of amides is 1. The Morgan fingerprint density at radius 3 is 2.52 bits per heavy atom. The van der Waals surface area contributed by atoms with E-state index in [2.05, 4.69) is 10.4 Å². The minimum atomic E-state index is -1.31. The van der Waals surface area contributed by atoms with Crippen molar-refractivity contribution in [2.45, 2.75) is 39.3 Å². The van der Waals surface area contributed by atoms with Gasteiger partial charge in [0.25, 0.3) is 0 Å². The molecule has 1 unspecified atom stereocenters. The van der Waals surface area contributed by atoms with Crippen LogP contribution in [0.15, 0.2) is 6.20 Å². The summed E-state index contributed by atoms with van der Waals surface area (Å²) < 4.78 is 24.8. The molecule has 0 bridgehead atoms. The van der Waals surface area contributed by atoms with E-state index in [0.29, 0.717) is 0 Å². The molecule has 1 aromatic heterocycles. The minimum absolute atomic E-state index is 0.0817. The van der Waals surface area contributed by atoms with Crippen LogP contribution in [-0.2, 0) is 21.3 Å². The minimum Gasteiger partial charge on any atom is -0.464 e. The maximum absolute atomic E-state index is 13.7. The van der Waals surface area contributed by atoms with Gasteiger partial charge in [0.15, 0.2) is 6.04 Å². The number of hydrogen-bond acceptors (Lipinski definition) is 5. The molecule has 1 heterocycles. The number of nitrogens with one attached hydrogen (secondary N) is 1. The Morgan fingerprint density at radius 1 is 1.48 bits per heavy atom. The number of rotatable bonds is 4. The molecule has 0 saturated heterocycles. The van der Waals surface area contributed by atoms with Crippen molar-refractivity contribution in [3.8, 4) is 0 Å². The van der Waals surface area contributed by atoms with Crippen molar-refractivity contribution >= 4 is 12.1 Å². The lowest BCUT2D eigenvalue weighted by Gasteiger charge is -2.22. The molecule has 0 aromatic carbocycles. The largest absolute Gasteiger partial charge is 0.464 e. The summed E-state index contributed by atoms with van der Waals surface area (Å²) in [7, 11) is 1.50. The lowest BCUT2D eigenvalue weighted by atomic mass is 10.1. The van der Waals surface area contributed by atoms with E-state index in [4.69, 9.17) is 9.47 Å². The summed E-state index contributed by atoms with van der Waals surface area (Å²) in [5.41, 5.74) is -0.821. The van der Waals surface area contributed by atoms with Gasteiger partial charge >= 0.3 is 12.1 Å². The standard InChI is InChI=1S/C13H20FN3O4/c1-6-20-11(18)9(8-7-17(5)16-10(8)14)15-12(19)21-13(2,3)4/h7,9H,6H2,1-5H3,(H,15,19). The molecule has 1 amide bonds. The maximum atomic E-state index is 13.7. The molecule has 0 aliphatic heterocycles. The topological polar surface area (TPSA) is 82.5 Å². The number of hydrogen-bond donors (Lipinski definition) is 1. The molecule has 1 rings (SSSR count). The number of esters is 1. The summed E-state index contributed by atoms with van der Waals surface area (Å²) >= 11 is 0. The molecule has 0 fully saturated rings. The van der Waals surface area contributed by atoms with Crippen molar-refractivity contribution in [3.05, 3.63) is 17.7 Å². The lowest BCUT2D eigenvalue weighted by Crippen LogP contribution is -2.39. The quantitative estimate of drug-likeness (QED) is 0.856. The zero-order chi connectivity index (χ0) is 16.2. The average Bonchev–Trinajstić information content (AvgIpc) is 2.63. The molecular formula is C13H20FN3O4. The van der Waals surface area contributed by atoms with Gasteiger partial charge in [-0.2, -0.15) is 4.39 Å². The van der Waals surface area contributed by atoms with Crippen LogP contribution in [0.1, 0.15) is 39.3 Å². The van der Waals surface area contributed by atoms with Gasteiger partial charge in [0.1, 0.15) is 5.60 Å². The number of halogens is 1. The third-order valence-electron chi connectivity index (χ3n) is 2.30. The van der Waals surface area contributed by atoms with Crippen LogP contribution in [0.3, 0.4) is 0 Å². The third-order valence-corrected chi connectivity index (χ3v) is 2.30.